The van der Waals surface area contributed by atoms with E-state index in [1.807, 2.05) is 56.9 Å². The molecule has 0 radical (unpaired) electrons. The summed E-state index contributed by atoms with van der Waals surface area (Å²) in [4.78, 5) is 14.1. The molecule has 0 saturated carbocycles. The number of thiocarbonyl (C=S) groups is 1. The summed E-state index contributed by atoms with van der Waals surface area (Å²) in [6.45, 7) is 9.28. The second-order valence-corrected chi connectivity index (χ2v) is 5.04. The van der Waals surface area contributed by atoms with E-state index in [2.05, 4.69) is 10.6 Å². The molecule has 4 nitrogen and oxygen atoms in total. The van der Waals surface area contributed by atoms with E-state index in [-0.39, 0.29) is 11.9 Å². The second-order valence-electron chi connectivity index (χ2n) is 4.65. The number of aryl methyl sites for hydroxylation is 1. The van der Waals surface area contributed by atoms with Gasteiger partial charge in [0, 0.05) is 18.8 Å². The maximum absolute atomic E-state index is 12.3. The lowest BCUT2D eigenvalue weighted by molar-refractivity contribution is -0.119. The molecule has 1 amide bonds. The SMILES string of the molecule is CCNC(=S)N(CC)[C@@H](C)C(=O)Nc1ccc(C)cc1. The molecule has 1 aromatic carbocycles. The van der Waals surface area contributed by atoms with Crippen LogP contribution in [0.1, 0.15) is 26.3 Å². The van der Waals surface area contributed by atoms with Crippen LogP contribution in [-0.2, 0) is 4.79 Å². The number of hydrogen-bond acceptors (Lipinski definition) is 2. The minimum absolute atomic E-state index is 0.0593. The predicted molar refractivity (Wildman–Crippen MR) is 87.9 cm³/mol. The highest BCUT2D eigenvalue weighted by Crippen LogP contribution is 2.10. The molecule has 1 aromatic rings. The number of nitrogens with one attached hydrogen (secondary N) is 2. The zero-order valence-electron chi connectivity index (χ0n) is 12.6. The Labute approximate surface area is 126 Å². The Bertz CT molecular complexity index is 459. The zero-order valence-corrected chi connectivity index (χ0v) is 13.4. The van der Waals surface area contributed by atoms with Gasteiger partial charge in [0.25, 0.3) is 0 Å². The minimum atomic E-state index is -0.312. The monoisotopic (exact) mass is 293 g/mol. The summed E-state index contributed by atoms with van der Waals surface area (Å²) in [6.07, 6.45) is 0. The van der Waals surface area contributed by atoms with E-state index < -0.39 is 0 Å². The average molecular weight is 293 g/mol. The van der Waals surface area contributed by atoms with E-state index in [9.17, 15) is 4.79 Å². The lowest BCUT2D eigenvalue weighted by Gasteiger charge is -2.29. The van der Waals surface area contributed by atoms with Crippen LogP contribution in [-0.4, -0.2) is 35.1 Å². The van der Waals surface area contributed by atoms with Gasteiger partial charge in [-0.3, -0.25) is 4.79 Å². The Morgan fingerprint density at radius 1 is 1.30 bits per heavy atom. The Kier molecular flexibility index (Phi) is 6.45. The van der Waals surface area contributed by atoms with Crippen LogP contribution in [0.5, 0.6) is 0 Å². The molecule has 2 N–H and O–H groups in total. The van der Waals surface area contributed by atoms with E-state index in [0.29, 0.717) is 11.7 Å². The molecule has 0 bridgehead atoms. The Balaban J connectivity index is 2.69. The molecule has 5 heteroatoms. The highest BCUT2D eigenvalue weighted by molar-refractivity contribution is 7.80. The normalized spacial score (nSPS) is 11.6. The Morgan fingerprint density at radius 2 is 1.90 bits per heavy atom. The van der Waals surface area contributed by atoms with Gasteiger partial charge in [-0.15, -0.1) is 0 Å². The first-order valence-corrected chi connectivity index (χ1v) is 7.32. The van der Waals surface area contributed by atoms with E-state index in [0.717, 1.165) is 12.2 Å². The largest absolute Gasteiger partial charge is 0.363 e. The maximum Gasteiger partial charge on any atom is 0.246 e. The zero-order chi connectivity index (χ0) is 15.1. The molecule has 0 aliphatic heterocycles. The third-order valence-electron chi connectivity index (χ3n) is 3.10. The van der Waals surface area contributed by atoms with Crippen molar-refractivity contribution in [1.29, 1.82) is 0 Å². The summed E-state index contributed by atoms with van der Waals surface area (Å²) in [7, 11) is 0. The predicted octanol–water partition coefficient (Wildman–Crippen LogP) is 2.54. The summed E-state index contributed by atoms with van der Waals surface area (Å²) >= 11 is 5.29. The van der Waals surface area contributed by atoms with Gasteiger partial charge in [0.1, 0.15) is 6.04 Å². The fourth-order valence-corrected chi connectivity index (χ4v) is 2.30. The van der Waals surface area contributed by atoms with Gasteiger partial charge >= 0.3 is 0 Å². The minimum Gasteiger partial charge on any atom is -0.363 e. The Morgan fingerprint density at radius 3 is 2.40 bits per heavy atom. The van der Waals surface area contributed by atoms with Crippen LogP contribution in [0.15, 0.2) is 24.3 Å². The molecule has 0 aromatic heterocycles. The van der Waals surface area contributed by atoms with Gasteiger partial charge in [-0.05, 0) is 52.0 Å². The standard InChI is InChI=1S/C15H23N3OS/c1-5-16-15(20)18(6-2)12(4)14(19)17-13-9-7-11(3)8-10-13/h7-10,12H,5-6H2,1-4H3,(H,16,20)(H,17,19)/t12-/m0/s1. The molecular formula is C15H23N3OS. The van der Waals surface area contributed by atoms with Gasteiger partial charge in [-0.2, -0.15) is 0 Å². The number of rotatable bonds is 5. The molecule has 0 aliphatic carbocycles. The van der Waals surface area contributed by atoms with Crippen LogP contribution < -0.4 is 10.6 Å². The molecule has 110 valence electrons. The molecule has 0 unspecified atom stereocenters. The Hall–Kier alpha value is -1.62. The second kappa shape index (κ2) is 7.85. The van der Waals surface area contributed by atoms with Crippen LogP contribution in [0.25, 0.3) is 0 Å². The topological polar surface area (TPSA) is 44.4 Å². The summed E-state index contributed by atoms with van der Waals surface area (Å²) in [5.41, 5.74) is 1.97. The number of amides is 1. The van der Waals surface area contributed by atoms with Crippen molar-refractivity contribution in [3.05, 3.63) is 29.8 Å². The first-order valence-electron chi connectivity index (χ1n) is 6.91. The van der Waals surface area contributed by atoms with Crippen LogP contribution in [0.3, 0.4) is 0 Å². The van der Waals surface area contributed by atoms with Crippen molar-refractivity contribution < 1.29 is 4.79 Å². The van der Waals surface area contributed by atoms with Crippen molar-refractivity contribution in [2.24, 2.45) is 0 Å². The number of carbonyl (C=O) groups excluding carboxylic acids is 1. The highest BCUT2D eigenvalue weighted by Gasteiger charge is 2.21. The molecule has 0 spiro atoms. The number of benzene rings is 1. The van der Waals surface area contributed by atoms with Crippen molar-refractivity contribution in [2.75, 3.05) is 18.4 Å². The van der Waals surface area contributed by atoms with Gasteiger partial charge in [-0.1, -0.05) is 17.7 Å². The first-order chi connectivity index (χ1) is 9.49. The van der Waals surface area contributed by atoms with Crippen molar-refractivity contribution in [1.82, 2.24) is 10.2 Å². The van der Waals surface area contributed by atoms with Crippen LogP contribution in [0.4, 0.5) is 5.69 Å². The van der Waals surface area contributed by atoms with E-state index in [4.69, 9.17) is 12.2 Å². The number of carbonyl (C=O) groups is 1. The van der Waals surface area contributed by atoms with Crippen molar-refractivity contribution in [3.63, 3.8) is 0 Å². The molecule has 0 saturated heterocycles. The molecule has 0 aliphatic rings. The van der Waals surface area contributed by atoms with Crippen molar-refractivity contribution >= 4 is 28.9 Å². The number of anilines is 1. The number of nitrogens with zero attached hydrogens (tertiary/aromatic N) is 1. The molecule has 0 fully saturated rings. The van der Waals surface area contributed by atoms with Crippen molar-refractivity contribution in [2.45, 2.75) is 33.7 Å². The molecule has 1 rings (SSSR count). The fourth-order valence-electron chi connectivity index (χ4n) is 1.87. The maximum atomic E-state index is 12.3. The van der Waals surface area contributed by atoms with Crippen LogP contribution >= 0.6 is 12.2 Å². The van der Waals surface area contributed by atoms with E-state index >= 15 is 0 Å². The van der Waals surface area contributed by atoms with Gasteiger partial charge < -0.3 is 15.5 Å². The summed E-state index contributed by atoms with van der Waals surface area (Å²) in [5.74, 6) is -0.0593. The van der Waals surface area contributed by atoms with E-state index in [1.54, 1.807) is 0 Å². The number of likely N-dealkylation sites (N-methyl/N-ethyl adjacent to an activating group) is 1. The lowest BCUT2D eigenvalue weighted by Crippen LogP contribution is -2.49. The fraction of sp³-hybridized carbons (Fsp3) is 0.467. The molecule has 0 heterocycles. The first kappa shape index (κ1) is 16.4. The third kappa shape index (κ3) is 4.49. The smallest absolute Gasteiger partial charge is 0.246 e. The van der Waals surface area contributed by atoms with Crippen LogP contribution in [0, 0.1) is 6.92 Å². The molecule has 20 heavy (non-hydrogen) atoms. The third-order valence-corrected chi connectivity index (χ3v) is 3.47. The highest BCUT2D eigenvalue weighted by atomic mass is 32.1. The van der Waals surface area contributed by atoms with Gasteiger partial charge in [0.15, 0.2) is 5.11 Å². The van der Waals surface area contributed by atoms with Gasteiger partial charge in [0.05, 0.1) is 0 Å². The van der Waals surface area contributed by atoms with Crippen LogP contribution in [0.2, 0.25) is 0 Å². The summed E-state index contributed by atoms with van der Waals surface area (Å²) < 4.78 is 0. The van der Waals surface area contributed by atoms with Gasteiger partial charge in [0.2, 0.25) is 5.91 Å². The molecule has 1 atom stereocenters. The van der Waals surface area contributed by atoms with Crippen molar-refractivity contribution in [3.8, 4) is 0 Å². The van der Waals surface area contributed by atoms with E-state index in [1.165, 1.54) is 5.56 Å². The quantitative estimate of drug-likeness (QED) is 0.819. The van der Waals surface area contributed by atoms with Gasteiger partial charge in [-0.25, -0.2) is 0 Å². The molecular weight excluding hydrogens is 270 g/mol. The lowest BCUT2D eigenvalue weighted by atomic mass is 10.2. The number of hydrogen-bond donors (Lipinski definition) is 2. The summed E-state index contributed by atoms with van der Waals surface area (Å²) in [5, 5.41) is 6.61. The summed E-state index contributed by atoms with van der Waals surface area (Å²) in [6, 6.07) is 7.44. The average Bonchev–Trinajstić information content (AvgIpc) is 2.42.